The SMILES string of the molecule is Cc1csc(CNC(=O)C(Br)C(C)C)n1. The molecule has 0 saturated heterocycles. The molecule has 3 nitrogen and oxygen atoms in total. The molecule has 1 aromatic rings. The maximum Gasteiger partial charge on any atom is 0.234 e. The minimum atomic E-state index is -0.126. The van der Waals surface area contributed by atoms with Crippen LogP contribution in [0.3, 0.4) is 0 Å². The fraction of sp³-hybridized carbons (Fsp3) is 0.600. The average Bonchev–Trinajstić information content (AvgIpc) is 2.59. The second-order valence-corrected chi connectivity index (χ2v) is 5.68. The third-order valence-electron chi connectivity index (χ3n) is 1.92. The summed E-state index contributed by atoms with van der Waals surface area (Å²) < 4.78 is 0. The molecular weight excluding hydrogens is 276 g/mol. The zero-order valence-electron chi connectivity index (χ0n) is 9.08. The van der Waals surface area contributed by atoms with Gasteiger partial charge in [0.15, 0.2) is 0 Å². The van der Waals surface area contributed by atoms with Crippen molar-refractivity contribution in [2.24, 2.45) is 5.92 Å². The number of halogens is 1. The van der Waals surface area contributed by atoms with E-state index in [1.165, 1.54) is 0 Å². The van der Waals surface area contributed by atoms with Crippen LogP contribution in [0.1, 0.15) is 24.5 Å². The molecule has 1 amide bonds. The van der Waals surface area contributed by atoms with Gasteiger partial charge in [-0.2, -0.15) is 0 Å². The quantitative estimate of drug-likeness (QED) is 0.866. The highest BCUT2D eigenvalue weighted by molar-refractivity contribution is 9.10. The topological polar surface area (TPSA) is 42.0 Å². The average molecular weight is 291 g/mol. The van der Waals surface area contributed by atoms with Gasteiger partial charge in [-0.3, -0.25) is 4.79 Å². The number of aryl methyl sites for hydroxylation is 1. The number of hydrogen-bond donors (Lipinski definition) is 1. The maximum absolute atomic E-state index is 11.6. The molecule has 5 heteroatoms. The molecule has 0 aliphatic rings. The number of thiazole rings is 1. The van der Waals surface area contributed by atoms with E-state index < -0.39 is 0 Å². The summed E-state index contributed by atoms with van der Waals surface area (Å²) in [5, 5.41) is 5.79. The van der Waals surface area contributed by atoms with Gasteiger partial charge in [-0.15, -0.1) is 11.3 Å². The number of carbonyl (C=O) groups excluding carboxylic acids is 1. The summed E-state index contributed by atoms with van der Waals surface area (Å²) in [4.78, 5) is 15.7. The Morgan fingerprint density at radius 3 is 2.80 bits per heavy atom. The van der Waals surface area contributed by atoms with Gasteiger partial charge in [0.25, 0.3) is 0 Å². The van der Waals surface area contributed by atoms with Crippen LogP contribution < -0.4 is 5.32 Å². The first-order valence-electron chi connectivity index (χ1n) is 4.83. The third-order valence-corrected chi connectivity index (χ3v) is 4.36. The van der Waals surface area contributed by atoms with E-state index >= 15 is 0 Å². The molecule has 1 aromatic heterocycles. The highest BCUT2D eigenvalue weighted by atomic mass is 79.9. The van der Waals surface area contributed by atoms with E-state index in [9.17, 15) is 4.79 Å². The number of carbonyl (C=O) groups is 1. The summed E-state index contributed by atoms with van der Waals surface area (Å²) in [6.45, 7) is 6.48. The zero-order valence-corrected chi connectivity index (χ0v) is 11.5. The largest absolute Gasteiger partial charge is 0.349 e. The Labute approximate surface area is 102 Å². The molecule has 0 aliphatic carbocycles. The summed E-state index contributed by atoms with van der Waals surface area (Å²) in [7, 11) is 0. The molecule has 1 N–H and O–H groups in total. The van der Waals surface area contributed by atoms with Gasteiger partial charge >= 0.3 is 0 Å². The Bertz CT molecular complexity index is 338. The van der Waals surface area contributed by atoms with E-state index in [-0.39, 0.29) is 10.7 Å². The lowest BCUT2D eigenvalue weighted by Crippen LogP contribution is -2.33. The standard InChI is InChI=1S/C10H15BrN2OS/c1-6(2)9(11)10(14)12-4-8-13-7(3)5-15-8/h5-6,9H,4H2,1-3H3,(H,12,14). The zero-order chi connectivity index (χ0) is 11.4. The van der Waals surface area contributed by atoms with Gasteiger partial charge in [0.2, 0.25) is 5.91 Å². The minimum Gasteiger partial charge on any atom is -0.349 e. The highest BCUT2D eigenvalue weighted by Crippen LogP contribution is 2.13. The second kappa shape index (κ2) is 5.61. The number of aromatic nitrogens is 1. The first-order valence-corrected chi connectivity index (χ1v) is 6.63. The number of alkyl halides is 1. The van der Waals surface area contributed by atoms with Crippen LogP contribution in [0, 0.1) is 12.8 Å². The normalized spacial score (nSPS) is 12.9. The van der Waals surface area contributed by atoms with Gasteiger partial charge in [0, 0.05) is 11.1 Å². The molecule has 1 unspecified atom stereocenters. The number of amides is 1. The van der Waals surface area contributed by atoms with Crippen molar-refractivity contribution in [3.05, 3.63) is 16.1 Å². The molecule has 0 aliphatic heterocycles. The summed E-state index contributed by atoms with van der Waals surface area (Å²) in [5.41, 5.74) is 1.00. The third kappa shape index (κ3) is 3.91. The maximum atomic E-state index is 11.6. The van der Waals surface area contributed by atoms with Gasteiger partial charge in [-0.1, -0.05) is 29.8 Å². The van der Waals surface area contributed by atoms with E-state index in [0.29, 0.717) is 12.5 Å². The van der Waals surface area contributed by atoms with Crippen LogP contribution in [-0.4, -0.2) is 15.7 Å². The van der Waals surface area contributed by atoms with E-state index in [1.54, 1.807) is 11.3 Å². The number of nitrogens with zero attached hydrogens (tertiary/aromatic N) is 1. The number of hydrogen-bond acceptors (Lipinski definition) is 3. The Kier molecular flexibility index (Phi) is 4.73. The molecular formula is C10H15BrN2OS. The summed E-state index contributed by atoms with van der Waals surface area (Å²) in [6, 6.07) is 0. The van der Waals surface area contributed by atoms with Crippen molar-refractivity contribution in [3.63, 3.8) is 0 Å². The fourth-order valence-electron chi connectivity index (χ4n) is 1.05. The van der Waals surface area contributed by atoms with Crippen LogP contribution in [0.5, 0.6) is 0 Å². The summed E-state index contributed by atoms with van der Waals surface area (Å²) in [6.07, 6.45) is 0. The Morgan fingerprint density at radius 1 is 1.67 bits per heavy atom. The van der Waals surface area contributed by atoms with Gasteiger partial charge in [-0.05, 0) is 12.8 Å². The molecule has 0 spiro atoms. The molecule has 0 fully saturated rings. The predicted molar refractivity (Wildman–Crippen MR) is 66.3 cm³/mol. The lowest BCUT2D eigenvalue weighted by Gasteiger charge is -2.12. The molecule has 1 atom stereocenters. The van der Waals surface area contributed by atoms with Crippen LogP contribution in [0.25, 0.3) is 0 Å². The molecule has 15 heavy (non-hydrogen) atoms. The van der Waals surface area contributed by atoms with Gasteiger partial charge in [-0.25, -0.2) is 4.98 Å². The van der Waals surface area contributed by atoms with Crippen LogP contribution >= 0.6 is 27.3 Å². The number of rotatable bonds is 4. The van der Waals surface area contributed by atoms with E-state index in [2.05, 4.69) is 26.2 Å². The smallest absolute Gasteiger partial charge is 0.234 e. The Morgan fingerprint density at radius 2 is 2.33 bits per heavy atom. The van der Waals surface area contributed by atoms with Crippen molar-refractivity contribution in [1.29, 1.82) is 0 Å². The molecule has 0 radical (unpaired) electrons. The highest BCUT2D eigenvalue weighted by Gasteiger charge is 2.18. The lowest BCUT2D eigenvalue weighted by atomic mass is 10.1. The molecule has 0 saturated carbocycles. The first-order chi connectivity index (χ1) is 7.00. The Balaban J connectivity index is 2.40. The molecule has 0 bridgehead atoms. The number of nitrogens with one attached hydrogen (secondary N) is 1. The van der Waals surface area contributed by atoms with Crippen molar-refractivity contribution in [2.75, 3.05) is 0 Å². The van der Waals surface area contributed by atoms with Gasteiger partial charge < -0.3 is 5.32 Å². The molecule has 1 heterocycles. The van der Waals surface area contributed by atoms with Gasteiger partial charge in [0.1, 0.15) is 5.01 Å². The first kappa shape index (κ1) is 12.6. The lowest BCUT2D eigenvalue weighted by molar-refractivity contribution is -0.121. The van der Waals surface area contributed by atoms with Crippen molar-refractivity contribution in [3.8, 4) is 0 Å². The van der Waals surface area contributed by atoms with Crippen LogP contribution in [0.2, 0.25) is 0 Å². The van der Waals surface area contributed by atoms with Crippen molar-refractivity contribution < 1.29 is 4.79 Å². The van der Waals surface area contributed by atoms with E-state index in [4.69, 9.17) is 0 Å². The van der Waals surface area contributed by atoms with E-state index in [1.807, 2.05) is 26.2 Å². The van der Waals surface area contributed by atoms with Crippen LogP contribution in [0.15, 0.2) is 5.38 Å². The van der Waals surface area contributed by atoms with E-state index in [0.717, 1.165) is 10.7 Å². The van der Waals surface area contributed by atoms with Crippen molar-refractivity contribution in [1.82, 2.24) is 10.3 Å². The molecule has 1 rings (SSSR count). The summed E-state index contributed by atoms with van der Waals surface area (Å²) in [5.74, 6) is 0.320. The predicted octanol–water partition coefficient (Wildman–Crippen LogP) is 2.49. The molecule has 0 aromatic carbocycles. The van der Waals surface area contributed by atoms with Crippen molar-refractivity contribution in [2.45, 2.75) is 32.1 Å². The molecule has 84 valence electrons. The second-order valence-electron chi connectivity index (χ2n) is 3.75. The monoisotopic (exact) mass is 290 g/mol. The summed E-state index contributed by atoms with van der Waals surface area (Å²) >= 11 is 4.93. The van der Waals surface area contributed by atoms with Crippen molar-refractivity contribution >= 4 is 33.2 Å². The van der Waals surface area contributed by atoms with Gasteiger partial charge in [0.05, 0.1) is 11.4 Å². The minimum absolute atomic E-state index is 0.0258. The fourth-order valence-corrected chi connectivity index (χ4v) is 1.92. The van der Waals surface area contributed by atoms with Crippen LogP contribution in [0.4, 0.5) is 0 Å². The Hall–Kier alpha value is -0.420. The van der Waals surface area contributed by atoms with Crippen LogP contribution in [-0.2, 0) is 11.3 Å².